The number of hydrogen-bond acceptors (Lipinski definition) is 4. The molecule has 214 valence electrons. The van der Waals surface area contributed by atoms with Gasteiger partial charge in [-0.05, 0) is 49.2 Å². The number of rotatable bonds is 11. The van der Waals surface area contributed by atoms with Crippen molar-refractivity contribution in [1.82, 2.24) is 10.2 Å². The lowest BCUT2D eigenvalue weighted by Gasteiger charge is -2.34. The first-order valence-electron chi connectivity index (χ1n) is 12.3. The number of amides is 2. The molecule has 0 aliphatic rings. The van der Waals surface area contributed by atoms with Gasteiger partial charge in [0.25, 0.3) is 0 Å². The third-order valence-electron chi connectivity index (χ3n) is 5.93. The Labute approximate surface area is 242 Å². The molecular formula is C28H29Cl2F2N3O4S. The normalized spacial score (nSPS) is 12.2. The molecule has 40 heavy (non-hydrogen) atoms. The van der Waals surface area contributed by atoms with Gasteiger partial charge in [0.2, 0.25) is 21.8 Å². The van der Waals surface area contributed by atoms with Crippen molar-refractivity contribution in [3.63, 3.8) is 0 Å². The molecule has 0 unspecified atom stereocenters. The maximum absolute atomic E-state index is 14.0. The van der Waals surface area contributed by atoms with E-state index in [1.165, 1.54) is 11.0 Å². The third kappa shape index (κ3) is 8.39. The van der Waals surface area contributed by atoms with E-state index >= 15 is 0 Å². The average Bonchev–Trinajstić information content (AvgIpc) is 2.87. The van der Waals surface area contributed by atoms with E-state index in [1.54, 1.807) is 50.2 Å². The summed E-state index contributed by atoms with van der Waals surface area (Å²) in [6, 6.07) is 14.9. The van der Waals surface area contributed by atoms with Gasteiger partial charge in [-0.15, -0.1) is 0 Å². The topological polar surface area (TPSA) is 86.8 Å². The molecule has 1 atom stereocenters. The van der Waals surface area contributed by atoms with Crippen molar-refractivity contribution in [3.8, 4) is 0 Å². The van der Waals surface area contributed by atoms with Crippen LogP contribution >= 0.6 is 23.2 Å². The Hall–Kier alpha value is -3.21. The second kappa shape index (κ2) is 13.4. The van der Waals surface area contributed by atoms with Crippen LogP contribution in [0.4, 0.5) is 14.5 Å². The first-order valence-corrected chi connectivity index (χ1v) is 14.9. The van der Waals surface area contributed by atoms with Crippen molar-refractivity contribution in [2.45, 2.75) is 38.9 Å². The van der Waals surface area contributed by atoms with Gasteiger partial charge >= 0.3 is 0 Å². The molecule has 1 N–H and O–H groups in total. The quantitative estimate of drug-likeness (QED) is 0.323. The lowest BCUT2D eigenvalue weighted by Crippen LogP contribution is -2.54. The second-order valence-corrected chi connectivity index (χ2v) is 12.2. The van der Waals surface area contributed by atoms with E-state index in [4.69, 9.17) is 23.2 Å². The van der Waals surface area contributed by atoms with Crippen molar-refractivity contribution in [2.24, 2.45) is 0 Å². The third-order valence-corrected chi connectivity index (χ3v) is 7.66. The molecular weight excluding hydrogens is 583 g/mol. The highest BCUT2D eigenvalue weighted by atomic mass is 35.5. The van der Waals surface area contributed by atoms with Gasteiger partial charge in [0.05, 0.1) is 11.9 Å². The molecule has 7 nitrogen and oxygen atoms in total. The van der Waals surface area contributed by atoms with Crippen LogP contribution in [0.3, 0.4) is 0 Å². The van der Waals surface area contributed by atoms with Crippen LogP contribution in [0.15, 0.2) is 66.7 Å². The van der Waals surface area contributed by atoms with Crippen LogP contribution in [-0.2, 0) is 32.6 Å². The van der Waals surface area contributed by atoms with Crippen molar-refractivity contribution < 1.29 is 26.8 Å². The van der Waals surface area contributed by atoms with Crippen molar-refractivity contribution >= 4 is 50.7 Å². The minimum absolute atomic E-state index is 0.112. The van der Waals surface area contributed by atoms with Crippen molar-refractivity contribution in [3.05, 3.63) is 99.5 Å². The lowest BCUT2D eigenvalue weighted by atomic mass is 10.0. The van der Waals surface area contributed by atoms with Crippen LogP contribution in [0.2, 0.25) is 10.0 Å². The maximum Gasteiger partial charge on any atom is 0.244 e. The fourth-order valence-electron chi connectivity index (χ4n) is 4.02. The zero-order valence-corrected chi connectivity index (χ0v) is 24.4. The summed E-state index contributed by atoms with van der Waals surface area (Å²) in [6.45, 7) is 2.60. The predicted molar refractivity (Wildman–Crippen MR) is 153 cm³/mol. The van der Waals surface area contributed by atoms with Crippen LogP contribution in [0.25, 0.3) is 0 Å². The molecule has 0 aromatic heterocycles. The SMILES string of the molecule is CC(C)NC(=O)[C@@H](Cc1ccccc1)N(Cc1ccc(Cl)cc1Cl)C(=O)CN(c1ccc(F)c(F)c1)S(C)(=O)=O. The Morgan fingerprint density at radius 1 is 0.950 bits per heavy atom. The Balaban J connectivity index is 2.09. The first-order chi connectivity index (χ1) is 18.8. The molecule has 2 amide bonds. The molecule has 0 saturated carbocycles. The van der Waals surface area contributed by atoms with Gasteiger partial charge in [0, 0.05) is 35.1 Å². The largest absolute Gasteiger partial charge is 0.352 e. The molecule has 0 saturated heterocycles. The highest BCUT2D eigenvalue weighted by Gasteiger charge is 2.33. The van der Waals surface area contributed by atoms with Crippen LogP contribution < -0.4 is 9.62 Å². The Bertz CT molecular complexity index is 1470. The number of nitrogens with zero attached hydrogens (tertiary/aromatic N) is 2. The molecule has 0 bridgehead atoms. The van der Waals surface area contributed by atoms with E-state index in [0.717, 1.165) is 24.0 Å². The van der Waals surface area contributed by atoms with E-state index in [1.807, 2.05) is 6.07 Å². The zero-order valence-electron chi connectivity index (χ0n) is 22.1. The molecule has 0 heterocycles. The zero-order chi connectivity index (χ0) is 29.6. The number of sulfonamides is 1. The summed E-state index contributed by atoms with van der Waals surface area (Å²) in [4.78, 5) is 28.7. The molecule has 0 aliphatic carbocycles. The Kier molecular flexibility index (Phi) is 10.5. The van der Waals surface area contributed by atoms with Crippen molar-refractivity contribution in [1.29, 1.82) is 0 Å². The minimum atomic E-state index is -4.13. The molecule has 3 aromatic carbocycles. The Morgan fingerprint density at radius 3 is 2.20 bits per heavy atom. The van der Waals surface area contributed by atoms with E-state index in [9.17, 15) is 26.8 Å². The molecule has 0 fully saturated rings. The summed E-state index contributed by atoms with van der Waals surface area (Å²) in [5, 5.41) is 3.44. The number of benzene rings is 3. The fraction of sp³-hybridized carbons (Fsp3) is 0.286. The van der Waals surface area contributed by atoms with E-state index in [-0.39, 0.29) is 29.7 Å². The number of carbonyl (C=O) groups is 2. The summed E-state index contributed by atoms with van der Waals surface area (Å²) in [7, 11) is -4.13. The number of anilines is 1. The summed E-state index contributed by atoms with van der Waals surface area (Å²) in [5.41, 5.74) is 0.978. The predicted octanol–water partition coefficient (Wildman–Crippen LogP) is 5.20. The van der Waals surface area contributed by atoms with Gasteiger partial charge in [-0.3, -0.25) is 13.9 Å². The van der Waals surface area contributed by atoms with Crippen LogP contribution in [0, 0.1) is 11.6 Å². The Morgan fingerprint density at radius 2 is 1.62 bits per heavy atom. The number of halogens is 4. The molecule has 0 aliphatic heterocycles. The van der Waals surface area contributed by atoms with Gasteiger partial charge in [-0.25, -0.2) is 17.2 Å². The smallest absolute Gasteiger partial charge is 0.244 e. The van der Waals surface area contributed by atoms with E-state index in [0.29, 0.717) is 21.0 Å². The van der Waals surface area contributed by atoms with Gasteiger partial charge in [-0.2, -0.15) is 0 Å². The summed E-state index contributed by atoms with van der Waals surface area (Å²) in [5.74, 6) is -3.67. The number of carbonyl (C=O) groups excluding carboxylic acids is 2. The number of hydrogen-bond donors (Lipinski definition) is 1. The molecule has 3 rings (SSSR count). The highest BCUT2D eigenvalue weighted by Crippen LogP contribution is 2.26. The monoisotopic (exact) mass is 611 g/mol. The van der Waals surface area contributed by atoms with E-state index in [2.05, 4.69) is 5.32 Å². The van der Waals surface area contributed by atoms with Crippen LogP contribution in [0.1, 0.15) is 25.0 Å². The van der Waals surface area contributed by atoms with Crippen LogP contribution in [-0.4, -0.2) is 50.0 Å². The molecule has 0 radical (unpaired) electrons. The van der Waals surface area contributed by atoms with Gasteiger partial charge < -0.3 is 10.2 Å². The average molecular weight is 613 g/mol. The fourth-order valence-corrected chi connectivity index (χ4v) is 5.33. The number of nitrogens with one attached hydrogen (secondary N) is 1. The summed E-state index contributed by atoms with van der Waals surface area (Å²) in [6.07, 6.45) is 0.954. The minimum Gasteiger partial charge on any atom is -0.352 e. The molecule has 12 heteroatoms. The van der Waals surface area contributed by atoms with Crippen LogP contribution in [0.5, 0.6) is 0 Å². The summed E-state index contributed by atoms with van der Waals surface area (Å²) >= 11 is 12.5. The van der Waals surface area contributed by atoms with E-state index < -0.39 is 46.1 Å². The summed E-state index contributed by atoms with van der Waals surface area (Å²) < 4.78 is 53.7. The standard InChI is InChI=1S/C28H29Cl2F2N3O4S/c1-18(2)33-28(37)26(13-19-7-5-4-6-8-19)34(16-20-9-10-21(29)14-23(20)30)27(36)17-35(40(3,38)39)22-11-12-24(31)25(32)15-22/h4-12,14-15,18,26H,13,16-17H2,1-3H3,(H,33,37)/t26-/m1/s1. The van der Waals surface area contributed by atoms with Gasteiger partial charge in [0.1, 0.15) is 12.6 Å². The highest BCUT2D eigenvalue weighted by molar-refractivity contribution is 7.92. The maximum atomic E-state index is 14.0. The molecule has 3 aromatic rings. The second-order valence-electron chi connectivity index (χ2n) is 9.49. The van der Waals surface area contributed by atoms with Crippen molar-refractivity contribution in [2.75, 3.05) is 17.1 Å². The lowest BCUT2D eigenvalue weighted by molar-refractivity contribution is -0.140. The van der Waals surface area contributed by atoms with Gasteiger partial charge in [-0.1, -0.05) is 59.6 Å². The first kappa shape index (κ1) is 31.3. The molecule has 0 spiro atoms. The van der Waals surface area contributed by atoms with Gasteiger partial charge in [0.15, 0.2) is 11.6 Å².